The number of ether oxygens (including phenoxy) is 1. The number of benzene rings is 3. The molecule has 0 unspecified atom stereocenters. The zero-order valence-electron chi connectivity index (χ0n) is 23.3. The van der Waals surface area contributed by atoms with Crippen LogP contribution in [0, 0.1) is 6.92 Å². The number of fused-ring (bicyclic) bond motifs is 2. The Morgan fingerprint density at radius 2 is 1.76 bits per heavy atom. The Balaban J connectivity index is 1.35. The lowest BCUT2D eigenvalue weighted by Crippen LogP contribution is -2.31. The second kappa shape index (κ2) is 11.5. The van der Waals surface area contributed by atoms with Crippen molar-refractivity contribution in [3.05, 3.63) is 136 Å². The molecule has 1 aliphatic heterocycles. The Bertz CT molecular complexity index is 1800. The average molecular weight is 577 g/mol. The van der Waals surface area contributed by atoms with Crippen LogP contribution in [0.25, 0.3) is 11.1 Å². The van der Waals surface area contributed by atoms with Crippen molar-refractivity contribution in [2.24, 2.45) is 0 Å². The maximum atomic E-state index is 14.3. The average Bonchev–Trinajstić information content (AvgIpc) is 3.33. The SMILES string of the molecule is COc1cc(-c2ccccc2C)c(Cl)cc1C(=O)N1Cc2ccc(C(=O)NCc3cccnc3)n2Cc2ccccc21. The number of amides is 2. The molecule has 0 bridgehead atoms. The fraction of sp³-hybridized carbons (Fsp3) is 0.147. The van der Waals surface area contributed by atoms with Crippen molar-refractivity contribution in [1.82, 2.24) is 14.9 Å². The van der Waals surface area contributed by atoms with Crippen molar-refractivity contribution in [3.63, 3.8) is 0 Å². The van der Waals surface area contributed by atoms with Gasteiger partial charge in [-0.1, -0.05) is 60.1 Å². The Labute approximate surface area is 249 Å². The number of rotatable bonds is 6. The number of nitrogens with one attached hydrogen (secondary N) is 1. The zero-order valence-corrected chi connectivity index (χ0v) is 24.1. The highest BCUT2D eigenvalue weighted by atomic mass is 35.5. The maximum Gasteiger partial charge on any atom is 0.268 e. The summed E-state index contributed by atoms with van der Waals surface area (Å²) in [6.07, 6.45) is 3.43. The summed E-state index contributed by atoms with van der Waals surface area (Å²) in [5.41, 5.74) is 7.19. The molecule has 3 aromatic carbocycles. The molecule has 1 N–H and O–H groups in total. The summed E-state index contributed by atoms with van der Waals surface area (Å²) in [6, 6.07) is 26.7. The number of methoxy groups -OCH3 is 1. The third-order valence-electron chi connectivity index (χ3n) is 7.61. The van der Waals surface area contributed by atoms with E-state index in [9.17, 15) is 9.59 Å². The first kappa shape index (κ1) is 27.3. The molecule has 42 heavy (non-hydrogen) atoms. The topological polar surface area (TPSA) is 76.5 Å². The zero-order chi connectivity index (χ0) is 29.2. The smallest absolute Gasteiger partial charge is 0.268 e. The molecule has 210 valence electrons. The summed E-state index contributed by atoms with van der Waals surface area (Å²) >= 11 is 6.79. The fourth-order valence-electron chi connectivity index (χ4n) is 5.43. The van der Waals surface area contributed by atoms with Gasteiger partial charge in [-0.2, -0.15) is 0 Å². The lowest BCUT2D eigenvalue weighted by molar-refractivity contribution is 0.0941. The minimum absolute atomic E-state index is 0.192. The third-order valence-corrected chi connectivity index (χ3v) is 7.92. The van der Waals surface area contributed by atoms with Gasteiger partial charge < -0.3 is 19.5 Å². The van der Waals surface area contributed by atoms with E-state index in [1.54, 1.807) is 36.5 Å². The summed E-state index contributed by atoms with van der Waals surface area (Å²) < 4.78 is 7.70. The Kier molecular flexibility index (Phi) is 7.50. The summed E-state index contributed by atoms with van der Waals surface area (Å²) in [7, 11) is 1.56. The van der Waals surface area contributed by atoms with Gasteiger partial charge >= 0.3 is 0 Å². The number of hydrogen-bond acceptors (Lipinski definition) is 4. The number of anilines is 1. The fourth-order valence-corrected chi connectivity index (χ4v) is 5.70. The van der Waals surface area contributed by atoms with Gasteiger partial charge in [0, 0.05) is 40.9 Å². The number of aryl methyl sites for hydroxylation is 1. The van der Waals surface area contributed by atoms with Crippen LogP contribution in [0.4, 0.5) is 5.69 Å². The molecule has 2 amide bonds. The lowest BCUT2D eigenvalue weighted by Gasteiger charge is -2.24. The highest BCUT2D eigenvalue weighted by molar-refractivity contribution is 6.34. The van der Waals surface area contributed by atoms with E-state index in [-0.39, 0.29) is 18.4 Å². The molecular formula is C34H29ClN4O3. The van der Waals surface area contributed by atoms with Gasteiger partial charge in [0.25, 0.3) is 11.8 Å². The molecule has 0 spiro atoms. The van der Waals surface area contributed by atoms with Crippen LogP contribution in [-0.2, 0) is 19.6 Å². The predicted octanol–water partition coefficient (Wildman–Crippen LogP) is 6.66. The van der Waals surface area contributed by atoms with E-state index in [1.165, 1.54) is 0 Å². The first-order chi connectivity index (χ1) is 20.4. The van der Waals surface area contributed by atoms with Gasteiger partial charge in [0.2, 0.25) is 0 Å². The van der Waals surface area contributed by atoms with Crippen LogP contribution >= 0.6 is 11.6 Å². The third kappa shape index (κ3) is 5.15. The van der Waals surface area contributed by atoms with Crippen LogP contribution in [0.3, 0.4) is 0 Å². The van der Waals surface area contributed by atoms with Crippen LogP contribution in [0.1, 0.15) is 43.2 Å². The second-order valence-corrected chi connectivity index (χ2v) is 10.6. The van der Waals surface area contributed by atoms with E-state index in [0.717, 1.165) is 39.2 Å². The molecule has 0 fully saturated rings. The normalized spacial score (nSPS) is 12.2. The van der Waals surface area contributed by atoms with E-state index in [2.05, 4.69) is 10.3 Å². The van der Waals surface area contributed by atoms with Gasteiger partial charge in [-0.25, -0.2) is 0 Å². The van der Waals surface area contributed by atoms with E-state index < -0.39 is 0 Å². The van der Waals surface area contributed by atoms with E-state index in [4.69, 9.17) is 16.3 Å². The van der Waals surface area contributed by atoms with Crippen molar-refractivity contribution in [3.8, 4) is 16.9 Å². The number of nitrogens with zero attached hydrogens (tertiary/aromatic N) is 3. The van der Waals surface area contributed by atoms with Gasteiger partial charge in [-0.3, -0.25) is 14.6 Å². The highest BCUT2D eigenvalue weighted by Crippen LogP contribution is 2.38. The number of halogens is 1. The number of aromatic nitrogens is 2. The van der Waals surface area contributed by atoms with Gasteiger partial charge in [0.1, 0.15) is 11.4 Å². The number of carbonyl (C=O) groups excluding carboxylic acids is 2. The summed E-state index contributed by atoms with van der Waals surface area (Å²) in [4.78, 5) is 33.3. The summed E-state index contributed by atoms with van der Waals surface area (Å²) in [5, 5.41) is 3.45. The van der Waals surface area contributed by atoms with Crippen molar-refractivity contribution in [2.45, 2.75) is 26.6 Å². The minimum Gasteiger partial charge on any atom is -0.496 e. The van der Waals surface area contributed by atoms with Crippen molar-refractivity contribution < 1.29 is 14.3 Å². The standard InChI is InChI=1S/C34H29ClN4O3/c1-22-8-3-5-11-26(22)27-17-32(42-2)28(16-29(27)35)34(41)39-21-25-13-14-31(33(40)37-19-23-9-7-15-36-18-23)38(25)20-24-10-4-6-12-30(24)39/h3-18H,19-21H2,1-2H3,(H,37,40). The molecule has 0 saturated heterocycles. The van der Waals surface area contributed by atoms with Crippen LogP contribution in [0.15, 0.2) is 97.3 Å². The van der Waals surface area contributed by atoms with Crippen LogP contribution in [0.2, 0.25) is 5.02 Å². The molecule has 0 saturated carbocycles. The molecule has 2 aromatic heterocycles. The maximum absolute atomic E-state index is 14.3. The van der Waals surface area contributed by atoms with E-state index in [1.807, 2.05) is 84.3 Å². The molecular weight excluding hydrogens is 548 g/mol. The summed E-state index contributed by atoms with van der Waals surface area (Å²) in [5.74, 6) is 0.00704. The largest absolute Gasteiger partial charge is 0.496 e. The molecule has 7 nitrogen and oxygen atoms in total. The number of hydrogen-bond donors (Lipinski definition) is 1. The van der Waals surface area contributed by atoms with Crippen LogP contribution < -0.4 is 15.0 Å². The first-order valence-corrected chi connectivity index (χ1v) is 14.0. The second-order valence-electron chi connectivity index (χ2n) is 10.2. The van der Waals surface area contributed by atoms with Gasteiger partial charge in [0.05, 0.1) is 25.8 Å². The summed E-state index contributed by atoms with van der Waals surface area (Å²) in [6.45, 7) is 3.11. The molecule has 0 aliphatic carbocycles. The van der Waals surface area contributed by atoms with Crippen LogP contribution in [0.5, 0.6) is 5.75 Å². The number of para-hydroxylation sites is 1. The predicted molar refractivity (Wildman–Crippen MR) is 164 cm³/mol. The van der Waals surface area contributed by atoms with Crippen molar-refractivity contribution >= 4 is 29.1 Å². The monoisotopic (exact) mass is 576 g/mol. The van der Waals surface area contributed by atoms with E-state index in [0.29, 0.717) is 35.1 Å². The van der Waals surface area contributed by atoms with Gasteiger partial charge in [-0.15, -0.1) is 0 Å². The molecule has 0 radical (unpaired) electrons. The molecule has 3 heterocycles. The van der Waals surface area contributed by atoms with Crippen molar-refractivity contribution in [1.29, 1.82) is 0 Å². The number of carbonyl (C=O) groups is 2. The Hall–Kier alpha value is -4.88. The molecule has 8 heteroatoms. The molecule has 5 aromatic rings. The van der Waals surface area contributed by atoms with Gasteiger partial charge in [-0.05, 0) is 65.6 Å². The van der Waals surface area contributed by atoms with E-state index >= 15 is 0 Å². The Morgan fingerprint density at radius 3 is 2.55 bits per heavy atom. The Morgan fingerprint density at radius 1 is 0.952 bits per heavy atom. The molecule has 6 rings (SSSR count). The molecule has 0 atom stereocenters. The highest BCUT2D eigenvalue weighted by Gasteiger charge is 2.29. The quantitative estimate of drug-likeness (QED) is 0.245. The minimum atomic E-state index is -0.241. The van der Waals surface area contributed by atoms with Crippen molar-refractivity contribution in [2.75, 3.05) is 12.0 Å². The lowest BCUT2D eigenvalue weighted by atomic mass is 9.98. The molecule has 1 aliphatic rings. The van der Waals surface area contributed by atoms with Gasteiger partial charge in [0.15, 0.2) is 0 Å². The number of pyridine rings is 1. The first-order valence-electron chi connectivity index (χ1n) is 13.6. The van der Waals surface area contributed by atoms with Crippen LogP contribution in [-0.4, -0.2) is 28.5 Å².